The lowest BCUT2D eigenvalue weighted by Gasteiger charge is -2.16. The quantitative estimate of drug-likeness (QED) is 0.702. The van der Waals surface area contributed by atoms with Gasteiger partial charge in [-0.1, -0.05) is 12.2 Å². The van der Waals surface area contributed by atoms with Crippen molar-refractivity contribution in [2.75, 3.05) is 19.3 Å². The molecule has 0 spiro atoms. The summed E-state index contributed by atoms with van der Waals surface area (Å²) in [6.07, 6.45) is 1.43. The Balaban J connectivity index is 2.52. The highest BCUT2D eigenvalue weighted by Crippen LogP contribution is 1.96. The fourth-order valence-corrected chi connectivity index (χ4v) is 1.14. The number of hydrogen-bond donors (Lipinski definition) is 1. The van der Waals surface area contributed by atoms with E-state index in [1.165, 1.54) is 11.0 Å². The van der Waals surface area contributed by atoms with Gasteiger partial charge in [-0.2, -0.15) is 0 Å². The smallest absolute Gasteiger partial charge is 0.244 e. The van der Waals surface area contributed by atoms with Crippen LogP contribution in [0.3, 0.4) is 0 Å². The van der Waals surface area contributed by atoms with E-state index in [2.05, 4.69) is 16.7 Å². The Morgan fingerprint density at radius 2 is 2.40 bits per heavy atom. The predicted molar refractivity (Wildman–Crippen MR) is 56.9 cm³/mol. The Hall–Kier alpha value is -1.85. The minimum atomic E-state index is -0.0529. The van der Waals surface area contributed by atoms with Gasteiger partial charge in [-0.25, -0.2) is 9.67 Å². The van der Waals surface area contributed by atoms with Gasteiger partial charge in [-0.05, 0) is 6.92 Å². The van der Waals surface area contributed by atoms with E-state index >= 15 is 0 Å². The number of rotatable bonds is 4. The molecule has 0 fully saturated rings. The highest BCUT2D eigenvalue weighted by molar-refractivity contribution is 5.75. The van der Waals surface area contributed by atoms with Crippen LogP contribution in [0.1, 0.15) is 6.92 Å². The third-order valence-corrected chi connectivity index (χ3v) is 1.78. The molecule has 1 rings (SSSR count). The zero-order valence-electron chi connectivity index (χ0n) is 8.97. The summed E-state index contributed by atoms with van der Waals surface area (Å²) in [5, 5.41) is 3.83. The van der Waals surface area contributed by atoms with E-state index in [0.717, 1.165) is 5.57 Å². The van der Waals surface area contributed by atoms with Crippen LogP contribution in [0.25, 0.3) is 0 Å². The molecule has 1 aromatic heterocycles. The summed E-state index contributed by atoms with van der Waals surface area (Å²) in [7, 11) is 1.72. The van der Waals surface area contributed by atoms with E-state index in [1.54, 1.807) is 11.9 Å². The van der Waals surface area contributed by atoms with E-state index in [-0.39, 0.29) is 18.4 Å². The van der Waals surface area contributed by atoms with Crippen molar-refractivity contribution in [1.82, 2.24) is 19.7 Å². The average Bonchev–Trinajstić information content (AvgIpc) is 2.50. The third kappa shape index (κ3) is 3.41. The van der Waals surface area contributed by atoms with E-state index in [0.29, 0.717) is 6.54 Å². The first-order valence-electron chi connectivity index (χ1n) is 4.52. The highest BCUT2D eigenvalue weighted by Gasteiger charge is 2.10. The highest BCUT2D eigenvalue weighted by atomic mass is 16.2. The summed E-state index contributed by atoms with van der Waals surface area (Å²) < 4.78 is 1.41. The Kier molecular flexibility index (Phi) is 3.43. The average molecular weight is 209 g/mol. The van der Waals surface area contributed by atoms with Crippen molar-refractivity contribution in [3.05, 3.63) is 18.5 Å². The number of carbonyl (C=O) groups is 1. The molecule has 82 valence electrons. The first-order chi connectivity index (χ1) is 6.99. The molecule has 0 atom stereocenters. The third-order valence-electron chi connectivity index (χ3n) is 1.78. The number of carbonyl (C=O) groups excluding carboxylic acids is 1. The van der Waals surface area contributed by atoms with Crippen LogP contribution in [0, 0.1) is 0 Å². The largest absolute Gasteiger partial charge is 0.367 e. The Morgan fingerprint density at radius 1 is 1.73 bits per heavy atom. The minimum absolute atomic E-state index is 0.0529. The van der Waals surface area contributed by atoms with Gasteiger partial charge in [-0.3, -0.25) is 4.79 Å². The molecule has 1 amide bonds. The van der Waals surface area contributed by atoms with Gasteiger partial charge in [0.15, 0.2) is 0 Å². The zero-order chi connectivity index (χ0) is 11.4. The van der Waals surface area contributed by atoms with Crippen LogP contribution in [-0.2, 0) is 11.3 Å². The van der Waals surface area contributed by atoms with Crippen molar-refractivity contribution in [2.45, 2.75) is 13.5 Å². The second-order valence-corrected chi connectivity index (χ2v) is 3.51. The minimum Gasteiger partial charge on any atom is -0.367 e. The number of nitrogens with two attached hydrogens (primary N) is 1. The molecule has 0 aliphatic carbocycles. The number of aromatic nitrogens is 3. The van der Waals surface area contributed by atoms with Crippen LogP contribution in [0.15, 0.2) is 18.5 Å². The molecule has 0 saturated heterocycles. The van der Waals surface area contributed by atoms with Crippen LogP contribution < -0.4 is 5.73 Å². The summed E-state index contributed by atoms with van der Waals surface area (Å²) in [5.41, 5.74) is 6.26. The fraction of sp³-hybridized carbons (Fsp3) is 0.444. The maximum Gasteiger partial charge on any atom is 0.244 e. The van der Waals surface area contributed by atoms with Crippen molar-refractivity contribution in [3.8, 4) is 0 Å². The summed E-state index contributed by atoms with van der Waals surface area (Å²) in [6.45, 7) is 6.30. The van der Waals surface area contributed by atoms with E-state index < -0.39 is 0 Å². The molecule has 0 radical (unpaired) electrons. The molecule has 15 heavy (non-hydrogen) atoms. The molecule has 1 aromatic rings. The van der Waals surface area contributed by atoms with Crippen molar-refractivity contribution in [3.63, 3.8) is 0 Å². The van der Waals surface area contributed by atoms with Crippen molar-refractivity contribution in [1.29, 1.82) is 0 Å². The molecule has 1 heterocycles. The number of nitrogens with zero attached hydrogens (tertiary/aromatic N) is 4. The maximum absolute atomic E-state index is 11.6. The van der Waals surface area contributed by atoms with Gasteiger partial charge in [-0.15, -0.1) is 5.10 Å². The summed E-state index contributed by atoms with van der Waals surface area (Å²) >= 11 is 0. The molecule has 0 unspecified atom stereocenters. The Bertz CT molecular complexity index is 370. The lowest BCUT2D eigenvalue weighted by Crippen LogP contribution is -2.31. The molecule has 6 heteroatoms. The maximum atomic E-state index is 11.6. The van der Waals surface area contributed by atoms with Crippen LogP contribution in [0.5, 0.6) is 0 Å². The van der Waals surface area contributed by atoms with Crippen molar-refractivity contribution < 1.29 is 4.79 Å². The summed E-state index contributed by atoms with van der Waals surface area (Å²) in [5.74, 6) is 0.119. The van der Waals surface area contributed by atoms with Gasteiger partial charge >= 0.3 is 0 Å². The molecule has 6 nitrogen and oxygen atoms in total. The summed E-state index contributed by atoms with van der Waals surface area (Å²) in [4.78, 5) is 16.9. The SMILES string of the molecule is C=C(C)CN(C)C(=O)Cn1cnc(N)n1. The van der Waals surface area contributed by atoms with E-state index in [4.69, 9.17) is 5.73 Å². The lowest BCUT2D eigenvalue weighted by molar-refractivity contribution is -0.130. The standard InChI is InChI=1S/C9H15N5O/c1-7(2)4-13(3)8(15)5-14-6-11-9(10)12-14/h6H,1,4-5H2,2-3H3,(H2,10,12). The molecule has 0 bridgehead atoms. The van der Waals surface area contributed by atoms with Crippen LogP contribution in [0.2, 0.25) is 0 Å². The van der Waals surface area contributed by atoms with Gasteiger partial charge in [0.1, 0.15) is 12.9 Å². The van der Waals surface area contributed by atoms with Crippen molar-refractivity contribution >= 4 is 11.9 Å². The molecular weight excluding hydrogens is 194 g/mol. The predicted octanol–water partition coefficient (Wildman–Crippen LogP) is -0.105. The molecule has 0 aliphatic heterocycles. The number of hydrogen-bond acceptors (Lipinski definition) is 4. The fourth-order valence-electron chi connectivity index (χ4n) is 1.14. The molecule has 0 aromatic carbocycles. The molecule has 2 N–H and O–H groups in total. The Morgan fingerprint density at radius 3 is 2.87 bits per heavy atom. The van der Waals surface area contributed by atoms with Crippen LogP contribution in [-0.4, -0.2) is 39.2 Å². The Labute approximate surface area is 88.4 Å². The van der Waals surface area contributed by atoms with Crippen LogP contribution >= 0.6 is 0 Å². The molecular formula is C9H15N5O. The lowest BCUT2D eigenvalue weighted by atomic mass is 10.3. The van der Waals surface area contributed by atoms with Crippen molar-refractivity contribution in [2.24, 2.45) is 0 Å². The van der Waals surface area contributed by atoms with Gasteiger partial charge in [0.25, 0.3) is 0 Å². The number of anilines is 1. The van der Waals surface area contributed by atoms with Crippen LogP contribution in [0.4, 0.5) is 5.95 Å². The first-order valence-corrected chi connectivity index (χ1v) is 4.52. The van der Waals surface area contributed by atoms with Gasteiger partial charge < -0.3 is 10.6 Å². The normalized spacial score (nSPS) is 10.0. The second-order valence-electron chi connectivity index (χ2n) is 3.51. The van der Waals surface area contributed by atoms with Gasteiger partial charge in [0.2, 0.25) is 11.9 Å². The first kappa shape index (κ1) is 11.2. The van der Waals surface area contributed by atoms with E-state index in [1.807, 2.05) is 6.92 Å². The number of likely N-dealkylation sites (N-methyl/N-ethyl adjacent to an activating group) is 1. The monoisotopic (exact) mass is 209 g/mol. The van der Waals surface area contributed by atoms with Gasteiger partial charge in [0.05, 0.1) is 0 Å². The molecule has 0 aliphatic rings. The summed E-state index contributed by atoms with van der Waals surface area (Å²) in [6, 6.07) is 0. The van der Waals surface area contributed by atoms with Gasteiger partial charge in [0, 0.05) is 13.6 Å². The second kappa shape index (κ2) is 4.59. The zero-order valence-corrected chi connectivity index (χ0v) is 8.97. The number of amides is 1. The molecule has 0 saturated carbocycles. The van der Waals surface area contributed by atoms with E-state index in [9.17, 15) is 4.79 Å². The number of nitrogen functional groups attached to an aromatic ring is 1. The topological polar surface area (TPSA) is 77.0 Å².